The molecule has 9 nitrogen and oxygen atoms in total. The van der Waals surface area contributed by atoms with Crippen LogP contribution in [0.4, 0.5) is 5.82 Å². The third-order valence-corrected chi connectivity index (χ3v) is 5.56. The Balaban J connectivity index is 1.55. The van der Waals surface area contributed by atoms with E-state index in [1.165, 1.54) is 13.4 Å². The summed E-state index contributed by atoms with van der Waals surface area (Å²) < 4.78 is 6.97. The van der Waals surface area contributed by atoms with E-state index >= 15 is 0 Å². The molecule has 0 radical (unpaired) electrons. The normalized spacial score (nSPS) is 11.0. The topological polar surface area (TPSA) is 133 Å². The van der Waals surface area contributed by atoms with Crippen molar-refractivity contribution in [2.24, 2.45) is 5.73 Å². The maximum absolute atomic E-state index is 12.9. The van der Waals surface area contributed by atoms with Crippen molar-refractivity contribution in [2.75, 3.05) is 19.4 Å². The molecule has 3 aromatic heterocycles. The summed E-state index contributed by atoms with van der Waals surface area (Å²) in [5, 5.41) is 7.94. The maximum atomic E-state index is 12.9. The second-order valence-electron chi connectivity index (χ2n) is 7.43. The number of nitrogens with zero attached hydrogens (tertiary/aromatic N) is 4. The van der Waals surface area contributed by atoms with E-state index in [4.69, 9.17) is 27.8 Å². The second kappa shape index (κ2) is 9.85. The number of carbonyl (C=O) groups excluding carboxylic acids is 1. The standard InChI is InChI=1S/C23H24ClN7O2/c1-33-23-18(22(32)27-8-2-3-14-4-6-17(24)7-5-14)9-16(12-28-23)19-10-15(11-25)20-21(26)29-13-30-31(19)20/h4-7,9-10,12-13H,2-3,8,11,25H2,1H3,(H,27,32)(H2,26,29,30). The third kappa shape index (κ3) is 4.74. The third-order valence-electron chi connectivity index (χ3n) is 5.31. The Morgan fingerprint density at radius 1 is 1.21 bits per heavy atom. The molecule has 0 spiro atoms. The smallest absolute Gasteiger partial charge is 0.256 e. The van der Waals surface area contributed by atoms with Crippen molar-refractivity contribution in [1.29, 1.82) is 0 Å². The number of halogens is 1. The minimum atomic E-state index is -0.272. The summed E-state index contributed by atoms with van der Waals surface area (Å²) in [5.41, 5.74) is 16.2. The lowest BCUT2D eigenvalue weighted by Gasteiger charge is -2.11. The summed E-state index contributed by atoms with van der Waals surface area (Å²) in [4.78, 5) is 21.3. The number of amides is 1. The van der Waals surface area contributed by atoms with Gasteiger partial charge in [-0.15, -0.1) is 0 Å². The van der Waals surface area contributed by atoms with Crippen molar-refractivity contribution in [3.05, 3.63) is 70.6 Å². The zero-order chi connectivity index (χ0) is 23.4. The molecule has 3 heterocycles. The summed E-state index contributed by atoms with van der Waals surface area (Å²) in [7, 11) is 1.48. The lowest BCUT2D eigenvalue weighted by atomic mass is 10.1. The van der Waals surface area contributed by atoms with Crippen LogP contribution in [0.3, 0.4) is 0 Å². The lowest BCUT2D eigenvalue weighted by molar-refractivity contribution is 0.0949. The van der Waals surface area contributed by atoms with Crippen LogP contribution in [-0.2, 0) is 13.0 Å². The number of benzene rings is 1. The zero-order valence-corrected chi connectivity index (χ0v) is 18.8. The van der Waals surface area contributed by atoms with Crippen LogP contribution in [0.25, 0.3) is 16.8 Å². The molecule has 33 heavy (non-hydrogen) atoms. The summed E-state index contributed by atoms with van der Waals surface area (Å²) in [5.74, 6) is 0.297. The number of nitrogen functional groups attached to an aromatic ring is 1. The van der Waals surface area contributed by atoms with E-state index in [9.17, 15) is 4.79 Å². The number of hydrogen-bond donors (Lipinski definition) is 3. The first-order valence-corrected chi connectivity index (χ1v) is 10.8. The van der Waals surface area contributed by atoms with Crippen LogP contribution in [0.15, 0.2) is 48.9 Å². The highest BCUT2D eigenvalue weighted by atomic mass is 35.5. The van der Waals surface area contributed by atoms with E-state index in [1.807, 2.05) is 30.3 Å². The summed E-state index contributed by atoms with van der Waals surface area (Å²) in [6.45, 7) is 0.773. The number of methoxy groups -OCH3 is 1. The Morgan fingerprint density at radius 2 is 2.00 bits per heavy atom. The van der Waals surface area contributed by atoms with Crippen LogP contribution in [0.5, 0.6) is 5.88 Å². The Hall–Kier alpha value is -3.69. The zero-order valence-electron chi connectivity index (χ0n) is 18.1. The van der Waals surface area contributed by atoms with Crippen LogP contribution < -0.4 is 21.5 Å². The predicted octanol–water partition coefficient (Wildman–Crippen LogP) is 2.86. The molecule has 0 saturated carbocycles. The molecule has 4 rings (SSSR count). The van der Waals surface area contributed by atoms with Crippen molar-refractivity contribution < 1.29 is 9.53 Å². The highest BCUT2D eigenvalue weighted by molar-refractivity contribution is 6.30. The number of hydrogen-bond acceptors (Lipinski definition) is 7. The molecule has 10 heteroatoms. The molecule has 0 unspecified atom stereocenters. The molecule has 0 bridgehead atoms. The minimum Gasteiger partial charge on any atom is -0.480 e. The number of carbonyl (C=O) groups is 1. The van der Waals surface area contributed by atoms with Crippen molar-refractivity contribution >= 4 is 28.8 Å². The van der Waals surface area contributed by atoms with Crippen molar-refractivity contribution in [3.63, 3.8) is 0 Å². The van der Waals surface area contributed by atoms with E-state index in [1.54, 1.807) is 16.8 Å². The molecular weight excluding hydrogens is 442 g/mol. The van der Waals surface area contributed by atoms with E-state index in [0.29, 0.717) is 39.7 Å². The Labute approximate surface area is 195 Å². The van der Waals surface area contributed by atoms with Gasteiger partial charge in [-0.05, 0) is 48.2 Å². The first kappa shape index (κ1) is 22.5. The van der Waals surface area contributed by atoms with Crippen LogP contribution in [-0.4, -0.2) is 39.1 Å². The fourth-order valence-corrected chi connectivity index (χ4v) is 3.79. The molecule has 0 aliphatic carbocycles. The van der Waals surface area contributed by atoms with Gasteiger partial charge in [0.15, 0.2) is 5.82 Å². The van der Waals surface area contributed by atoms with Crippen molar-refractivity contribution in [1.82, 2.24) is 24.9 Å². The average molecular weight is 466 g/mol. The van der Waals surface area contributed by atoms with Crippen LogP contribution in [0.2, 0.25) is 5.02 Å². The number of aromatic nitrogens is 4. The predicted molar refractivity (Wildman–Crippen MR) is 127 cm³/mol. The molecule has 0 aliphatic rings. The van der Waals surface area contributed by atoms with Gasteiger partial charge in [-0.1, -0.05) is 23.7 Å². The summed E-state index contributed by atoms with van der Waals surface area (Å²) >= 11 is 5.92. The van der Waals surface area contributed by atoms with E-state index < -0.39 is 0 Å². The highest BCUT2D eigenvalue weighted by Crippen LogP contribution is 2.29. The van der Waals surface area contributed by atoms with Gasteiger partial charge in [0.25, 0.3) is 5.91 Å². The first-order valence-electron chi connectivity index (χ1n) is 10.4. The second-order valence-corrected chi connectivity index (χ2v) is 7.87. The number of fused-ring (bicyclic) bond motifs is 1. The summed E-state index contributed by atoms with van der Waals surface area (Å²) in [6, 6.07) is 11.3. The van der Waals surface area contributed by atoms with Gasteiger partial charge < -0.3 is 21.5 Å². The summed E-state index contributed by atoms with van der Waals surface area (Å²) in [6.07, 6.45) is 4.60. The quantitative estimate of drug-likeness (QED) is 0.340. The van der Waals surface area contributed by atoms with Gasteiger partial charge in [0.2, 0.25) is 5.88 Å². The van der Waals surface area contributed by atoms with Crippen molar-refractivity contribution in [2.45, 2.75) is 19.4 Å². The van der Waals surface area contributed by atoms with Gasteiger partial charge >= 0.3 is 0 Å². The van der Waals surface area contributed by atoms with Gasteiger partial charge in [0.1, 0.15) is 17.4 Å². The van der Waals surface area contributed by atoms with Crippen LogP contribution in [0.1, 0.15) is 27.9 Å². The first-order chi connectivity index (χ1) is 16.0. The molecule has 0 atom stereocenters. The molecule has 5 N–H and O–H groups in total. The number of aryl methyl sites for hydroxylation is 1. The number of anilines is 1. The highest BCUT2D eigenvalue weighted by Gasteiger charge is 2.19. The molecule has 170 valence electrons. The van der Waals surface area contributed by atoms with Crippen LogP contribution >= 0.6 is 11.6 Å². The molecular formula is C23H24ClN7O2. The molecule has 0 fully saturated rings. The molecule has 0 aliphatic heterocycles. The van der Waals surface area contributed by atoms with Gasteiger partial charge in [-0.3, -0.25) is 4.79 Å². The van der Waals surface area contributed by atoms with E-state index in [0.717, 1.165) is 24.0 Å². The van der Waals surface area contributed by atoms with Gasteiger partial charge in [-0.25, -0.2) is 14.5 Å². The SMILES string of the molecule is COc1ncc(-c2cc(CN)c3c(N)ncnn23)cc1C(=O)NCCCc1ccc(Cl)cc1. The minimum absolute atomic E-state index is 0.239. The monoisotopic (exact) mass is 465 g/mol. The van der Waals surface area contributed by atoms with Gasteiger partial charge in [-0.2, -0.15) is 5.10 Å². The number of nitrogens with one attached hydrogen (secondary N) is 1. The largest absolute Gasteiger partial charge is 0.480 e. The number of nitrogens with two attached hydrogens (primary N) is 2. The average Bonchev–Trinajstić information content (AvgIpc) is 3.22. The molecule has 1 amide bonds. The van der Waals surface area contributed by atoms with E-state index in [2.05, 4.69) is 20.4 Å². The number of pyridine rings is 1. The lowest BCUT2D eigenvalue weighted by Crippen LogP contribution is -2.25. The fraction of sp³-hybridized carbons (Fsp3) is 0.217. The number of ether oxygens (including phenoxy) is 1. The van der Waals surface area contributed by atoms with E-state index in [-0.39, 0.29) is 18.3 Å². The number of rotatable bonds is 8. The van der Waals surface area contributed by atoms with Gasteiger partial charge in [0, 0.05) is 29.9 Å². The Kier molecular flexibility index (Phi) is 6.71. The van der Waals surface area contributed by atoms with Crippen molar-refractivity contribution in [3.8, 4) is 17.1 Å². The van der Waals surface area contributed by atoms with Crippen LogP contribution in [0, 0.1) is 0 Å². The Bertz CT molecular complexity index is 1290. The molecule has 4 aromatic rings. The fourth-order valence-electron chi connectivity index (χ4n) is 3.66. The molecule has 0 saturated heterocycles. The molecule has 1 aromatic carbocycles. The maximum Gasteiger partial charge on any atom is 0.256 e. The van der Waals surface area contributed by atoms with Gasteiger partial charge in [0.05, 0.1) is 12.8 Å². The Morgan fingerprint density at radius 3 is 2.73 bits per heavy atom.